The molecule has 0 aliphatic rings. The van der Waals surface area contributed by atoms with Crippen molar-refractivity contribution in [3.05, 3.63) is 0 Å². The Morgan fingerprint density at radius 1 is 0.290 bits per heavy atom. The van der Waals surface area contributed by atoms with E-state index in [4.69, 9.17) is 37.0 Å². The molecule has 0 aliphatic carbocycles. The van der Waals surface area contributed by atoms with Gasteiger partial charge in [-0.15, -0.1) is 0 Å². The molecule has 0 aromatic heterocycles. The lowest BCUT2D eigenvalue weighted by atomic mass is 9.99. The predicted molar refractivity (Wildman–Crippen MR) is 409 cm³/mol. The number of aliphatic hydroxyl groups excluding tert-OH is 1. The van der Waals surface area contributed by atoms with Crippen LogP contribution in [0.5, 0.6) is 0 Å². The summed E-state index contributed by atoms with van der Waals surface area (Å²) in [6.45, 7) is 9.68. The van der Waals surface area contributed by atoms with Gasteiger partial charge in [-0.1, -0.05) is 375 Å². The van der Waals surface area contributed by atoms with Gasteiger partial charge >= 0.3 is 39.5 Å². The van der Waals surface area contributed by atoms with Crippen molar-refractivity contribution in [3.8, 4) is 0 Å². The predicted octanol–water partition coefficient (Wildman–Crippen LogP) is 24.3. The summed E-state index contributed by atoms with van der Waals surface area (Å²) in [7, 11) is -9.92. The lowest BCUT2D eigenvalue weighted by Crippen LogP contribution is -2.30. The molecule has 3 unspecified atom stereocenters. The third-order valence-electron chi connectivity index (χ3n) is 19.3. The number of unbranched alkanes of at least 4 members (excludes halogenated alkanes) is 49. The first-order chi connectivity index (χ1) is 48.4. The highest BCUT2D eigenvalue weighted by Gasteiger charge is 2.30. The highest BCUT2D eigenvalue weighted by atomic mass is 31.2. The van der Waals surface area contributed by atoms with Crippen molar-refractivity contribution in [2.24, 2.45) is 11.8 Å². The van der Waals surface area contributed by atoms with Crippen molar-refractivity contribution in [1.29, 1.82) is 0 Å². The Morgan fingerprint density at radius 2 is 0.510 bits per heavy atom. The zero-order valence-electron chi connectivity index (χ0n) is 65.5. The van der Waals surface area contributed by atoms with Gasteiger partial charge in [-0.25, -0.2) is 9.13 Å². The molecule has 0 amide bonds. The number of carbonyl (C=O) groups is 4. The molecule has 3 N–H and O–H groups in total. The average molecular weight is 1470 g/mol. The van der Waals surface area contributed by atoms with Crippen molar-refractivity contribution in [3.63, 3.8) is 0 Å². The lowest BCUT2D eigenvalue weighted by molar-refractivity contribution is -0.161. The van der Waals surface area contributed by atoms with Crippen LogP contribution in [0.4, 0.5) is 0 Å². The molecule has 0 heterocycles. The summed E-state index contributed by atoms with van der Waals surface area (Å²) < 4.78 is 68.7. The molecular formula is C81H158O17P2. The molecule has 0 aliphatic heterocycles. The van der Waals surface area contributed by atoms with E-state index in [-0.39, 0.29) is 25.7 Å². The Hall–Kier alpha value is -1.94. The van der Waals surface area contributed by atoms with Crippen LogP contribution in [0.1, 0.15) is 427 Å². The molecule has 0 aromatic carbocycles. The number of phosphoric acid groups is 2. The van der Waals surface area contributed by atoms with Crippen LogP contribution in [-0.2, 0) is 65.4 Å². The van der Waals surface area contributed by atoms with Gasteiger partial charge in [0.2, 0.25) is 0 Å². The van der Waals surface area contributed by atoms with Gasteiger partial charge in [-0.05, 0) is 37.5 Å². The number of hydrogen-bond acceptors (Lipinski definition) is 15. The van der Waals surface area contributed by atoms with Gasteiger partial charge in [0, 0.05) is 25.7 Å². The number of phosphoric ester groups is 2. The Kier molecular flexibility index (Phi) is 71.2. The molecule has 0 fully saturated rings. The summed E-state index contributed by atoms with van der Waals surface area (Å²) in [6, 6.07) is 0. The lowest BCUT2D eigenvalue weighted by Gasteiger charge is -2.21. The van der Waals surface area contributed by atoms with Crippen molar-refractivity contribution in [2.45, 2.75) is 445 Å². The van der Waals surface area contributed by atoms with Crippen LogP contribution in [0.3, 0.4) is 0 Å². The fraction of sp³-hybridized carbons (Fsp3) is 0.951. The van der Waals surface area contributed by atoms with Crippen molar-refractivity contribution >= 4 is 39.5 Å². The van der Waals surface area contributed by atoms with E-state index >= 15 is 0 Å². The number of rotatable bonds is 80. The van der Waals surface area contributed by atoms with Gasteiger partial charge in [-0.3, -0.25) is 37.3 Å². The van der Waals surface area contributed by atoms with E-state index in [1.54, 1.807) is 0 Å². The molecule has 6 atom stereocenters. The minimum absolute atomic E-state index is 0.106. The maximum absolute atomic E-state index is 13.1. The Morgan fingerprint density at radius 3 is 0.760 bits per heavy atom. The second-order valence-electron chi connectivity index (χ2n) is 29.9. The third kappa shape index (κ3) is 73.0. The molecule has 594 valence electrons. The Balaban J connectivity index is 5.21. The first-order valence-corrected chi connectivity index (χ1v) is 45.0. The van der Waals surface area contributed by atoms with Crippen LogP contribution in [0, 0.1) is 11.8 Å². The molecule has 0 saturated carbocycles. The summed E-state index contributed by atoms with van der Waals surface area (Å²) in [6.07, 6.45) is 62.4. The smallest absolute Gasteiger partial charge is 0.462 e. The maximum Gasteiger partial charge on any atom is 0.472 e. The van der Waals surface area contributed by atoms with Crippen LogP contribution in [0.2, 0.25) is 0 Å². The standard InChI is InChI=1S/C81H158O17P2/c1-7-10-12-14-16-18-20-21-26-30-33-40-46-52-58-64-79(84)92-70-77(97-80(85)65-59-53-47-41-34-31-28-25-23-22-24-27-29-32-38-44-50-56-62-74(6)9-3)72-96-100(89,90)94-68-75(82)67-93-99(87,88)95-71-76(69-91-78(83)63-57-51-45-39-19-17-15-13-11-8-2)98-81(86)66-60-54-48-42-36-35-37-43-49-55-61-73(4)5/h73-77,82H,7-72H2,1-6H3,(H,87,88)(H,89,90)/t74?,75-,76+,77+/m0/s1. The maximum atomic E-state index is 13.1. The first-order valence-electron chi connectivity index (χ1n) is 42.0. The molecule has 100 heavy (non-hydrogen) atoms. The van der Waals surface area contributed by atoms with Gasteiger partial charge in [0.05, 0.1) is 26.4 Å². The van der Waals surface area contributed by atoms with E-state index < -0.39 is 97.5 Å². The molecule has 0 saturated heterocycles. The first kappa shape index (κ1) is 98.1. The molecular weight excluding hydrogens is 1310 g/mol. The number of carbonyl (C=O) groups excluding carboxylic acids is 4. The fourth-order valence-electron chi connectivity index (χ4n) is 12.5. The van der Waals surface area contributed by atoms with E-state index in [0.29, 0.717) is 25.7 Å². The van der Waals surface area contributed by atoms with Crippen molar-refractivity contribution in [2.75, 3.05) is 39.6 Å². The van der Waals surface area contributed by atoms with Gasteiger partial charge in [0.25, 0.3) is 0 Å². The van der Waals surface area contributed by atoms with Crippen LogP contribution in [0.15, 0.2) is 0 Å². The molecule has 0 radical (unpaired) electrons. The normalized spacial score (nSPS) is 14.2. The third-order valence-corrected chi connectivity index (χ3v) is 21.2. The number of esters is 4. The van der Waals surface area contributed by atoms with Crippen molar-refractivity contribution < 1.29 is 80.2 Å². The monoisotopic (exact) mass is 1470 g/mol. The summed E-state index contributed by atoms with van der Waals surface area (Å²) in [4.78, 5) is 73.0. The van der Waals surface area contributed by atoms with Crippen LogP contribution in [-0.4, -0.2) is 96.7 Å². The topological polar surface area (TPSA) is 237 Å². The zero-order chi connectivity index (χ0) is 73.5. The second-order valence-corrected chi connectivity index (χ2v) is 32.8. The molecule has 0 aromatic rings. The van der Waals surface area contributed by atoms with Gasteiger partial charge in [0.15, 0.2) is 12.2 Å². The van der Waals surface area contributed by atoms with Gasteiger partial charge in [0.1, 0.15) is 19.3 Å². The van der Waals surface area contributed by atoms with Gasteiger partial charge in [-0.2, -0.15) is 0 Å². The Labute approximate surface area is 613 Å². The Bertz CT molecular complexity index is 1930. The quantitative estimate of drug-likeness (QED) is 0.0222. The second kappa shape index (κ2) is 72.6. The summed E-state index contributed by atoms with van der Waals surface area (Å²) in [5, 5.41) is 10.6. The molecule has 19 heteroatoms. The largest absolute Gasteiger partial charge is 0.472 e. The number of aliphatic hydroxyl groups is 1. The van der Waals surface area contributed by atoms with E-state index in [2.05, 4.69) is 41.5 Å². The van der Waals surface area contributed by atoms with Gasteiger partial charge < -0.3 is 33.8 Å². The van der Waals surface area contributed by atoms with Crippen LogP contribution >= 0.6 is 15.6 Å². The van der Waals surface area contributed by atoms with E-state index in [1.165, 1.54) is 244 Å². The summed E-state index contributed by atoms with van der Waals surface area (Å²) in [5.74, 6) is -0.485. The fourth-order valence-corrected chi connectivity index (χ4v) is 14.1. The SMILES string of the molecule is CCCCCCCCCCCCCCCCCC(=O)OC[C@H](COP(=O)(O)OC[C@@H](O)COP(=O)(O)OC[C@@H](COC(=O)CCCCCCCCCCCC)OC(=O)CCCCCCCCCCCCC(C)C)OC(=O)CCCCCCCCCCCCCCCCCCCCC(C)CC. The molecule has 0 spiro atoms. The molecule has 0 bridgehead atoms. The molecule has 0 rings (SSSR count). The zero-order valence-corrected chi connectivity index (χ0v) is 67.3. The number of ether oxygens (including phenoxy) is 4. The highest BCUT2D eigenvalue weighted by Crippen LogP contribution is 2.45. The minimum Gasteiger partial charge on any atom is -0.462 e. The van der Waals surface area contributed by atoms with E-state index in [0.717, 1.165) is 102 Å². The summed E-state index contributed by atoms with van der Waals surface area (Å²) in [5.41, 5.74) is 0. The average Bonchev–Trinajstić information content (AvgIpc) is 0.999. The number of hydrogen-bond donors (Lipinski definition) is 3. The van der Waals surface area contributed by atoms with Crippen molar-refractivity contribution in [1.82, 2.24) is 0 Å². The molecule has 17 nitrogen and oxygen atoms in total. The minimum atomic E-state index is -4.96. The van der Waals surface area contributed by atoms with Crippen LogP contribution in [0.25, 0.3) is 0 Å². The summed E-state index contributed by atoms with van der Waals surface area (Å²) >= 11 is 0. The van der Waals surface area contributed by atoms with E-state index in [9.17, 15) is 43.2 Å². The highest BCUT2D eigenvalue weighted by molar-refractivity contribution is 7.47. The van der Waals surface area contributed by atoms with Crippen LogP contribution < -0.4 is 0 Å². The van der Waals surface area contributed by atoms with E-state index in [1.807, 2.05) is 0 Å².